The third kappa shape index (κ3) is 43.2. The zero-order chi connectivity index (χ0) is 52.1. The second-order valence-electron chi connectivity index (χ2n) is 20.8. The first kappa shape index (κ1) is 67.9. The summed E-state index contributed by atoms with van der Waals surface area (Å²) in [6.45, 7) is 4.49. The van der Waals surface area contributed by atoms with Crippen molar-refractivity contribution in [1.82, 2.24) is 0 Å². The molecule has 0 spiro atoms. The van der Waals surface area contributed by atoms with E-state index in [-0.39, 0.29) is 19.2 Å². The highest BCUT2D eigenvalue weighted by molar-refractivity contribution is 5.69. The van der Waals surface area contributed by atoms with Crippen molar-refractivity contribution in [1.29, 1.82) is 0 Å². The van der Waals surface area contributed by atoms with Gasteiger partial charge in [-0.1, -0.05) is 267 Å². The average Bonchev–Trinajstić information content (AvgIpc) is 3.38. The number of ether oxygens (including phenoxy) is 4. The second kappa shape index (κ2) is 53.7. The Morgan fingerprint density at radius 1 is 0.458 bits per heavy atom. The molecule has 9 nitrogen and oxygen atoms in total. The maximum Gasteiger partial charge on any atom is 0.306 e. The minimum absolute atomic E-state index is 0.115. The Labute approximate surface area is 443 Å². The average molecular weight is 1020 g/mol. The number of carbonyl (C=O) groups excluding carboxylic acids is 1. The van der Waals surface area contributed by atoms with E-state index in [0.29, 0.717) is 13.0 Å². The largest absolute Gasteiger partial charge is 0.457 e. The Kier molecular flexibility index (Phi) is 50.7. The predicted octanol–water partition coefficient (Wildman–Crippen LogP) is 16.2. The fourth-order valence-electron chi connectivity index (χ4n) is 9.29. The third-order valence-electron chi connectivity index (χ3n) is 13.9. The minimum Gasteiger partial charge on any atom is -0.457 e. The van der Waals surface area contributed by atoms with E-state index in [1.54, 1.807) is 0 Å². The number of allylic oxidation sites excluding steroid dienone is 10. The van der Waals surface area contributed by atoms with Crippen molar-refractivity contribution in [2.24, 2.45) is 0 Å². The number of rotatable bonds is 53. The molecular weight excluding hydrogens is 901 g/mol. The second-order valence-corrected chi connectivity index (χ2v) is 20.8. The Balaban J connectivity index is 2.14. The zero-order valence-corrected chi connectivity index (χ0v) is 46.7. The number of aliphatic hydroxyl groups is 4. The molecule has 4 N–H and O–H groups in total. The quantitative estimate of drug-likeness (QED) is 0.0267. The number of hydrogen-bond acceptors (Lipinski definition) is 9. The molecule has 0 aliphatic carbocycles. The van der Waals surface area contributed by atoms with Gasteiger partial charge in [0.2, 0.25) is 0 Å². The molecule has 0 amide bonds. The normalized spacial score (nSPS) is 19.1. The van der Waals surface area contributed by atoms with Crippen molar-refractivity contribution >= 4 is 5.97 Å². The van der Waals surface area contributed by atoms with Crippen molar-refractivity contribution in [3.63, 3.8) is 0 Å². The van der Waals surface area contributed by atoms with E-state index in [0.717, 1.165) is 70.6 Å². The highest BCUT2D eigenvalue weighted by atomic mass is 16.7. The van der Waals surface area contributed by atoms with Gasteiger partial charge in [0, 0.05) is 13.0 Å². The molecule has 6 unspecified atom stereocenters. The van der Waals surface area contributed by atoms with Gasteiger partial charge in [-0.2, -0.15) is 0 Å². The SMILES string of the molecule is CC/C=C\C/C=C\C/C=C\C/C=C\C/C=C\CCCCCCCCCCCC(=O)OC(COCCCCCCCCCCCCCCCCCCCCCCCCCC)COC1OC(CO)C(O)C(O)C1O. The van der Waals surface area contributed by atoms with Crippen LogP contribution in [0.2, 0.25) is 0 Å². The summed E-state index contributed by atoms with van der Waals surface area (Å²) in [5.74, 6) is -0.316. The lowest BCUT2D eigenvalue weighted by atomic mass is 9.99. The molecule has 9 heteroatoms. The summed E-state index contributed by atoms with van der Waals surface area (Å²) in [5.41, 5.74) is 0. The molecule has 1 aliphatic heterocycles. The van der Waals surface area contributed by atoms with E-state index in [9.17, 15) is 25.2 Å². The molecule has 1 saturated heterocycles. The summed E-state index contributed by atoms with van der Waals surface area (Å²) in [7, 11) is 0. The number of esters is 1. The first-order chi connectivity index (χ1) is 35.4. The molecule has 0 radical (unpaired) electrons. The Bertz CT molecular complexity index is 1290. The van der Waals surface area contributed by atoms with Crippen LogP contribution in [0, 0.1) is 0 Å². The fourth-order valence-corrected chi connectivity index (χ4v) is 9.29. The summed E-state index contributed by atoms with van der Waals surface area (Å²) >= 11 is 0. The van der Waals surface area contributed by atoms with E-state index in [1.807, 2.05) is 0 Å². The Morgan fingerprint density at radius 3 is 1.28 bits per heavy atom. The maximum atomic E-state index is 12.9. The van der Waals surface area contributed by atoms with Crippen LogP contribution in [0.15, 0.2) is 60.8 Å². The molecule has 0 saturated carbocycles. The van der Waals surface area contributed by atoms with E-state index in [1.165, 1.54) is 180 Å². The molecule has 0 aromatic heterocycles. The smallest absolute Gasteiger partial charge is 0.306 e. The predicted molar refractivity (Wildman–Crippen MR) is 302 cm³/mol. The molecule has 420 valence electrons. The number of carbonyl (C=O) groups is 1. The van der Waals surface area contributed by atoms with Gasteiger partial charge in [-0.05, 0) is 57.8 Å². The summed E-state index contributed by atoms with van der Waals surface area (Å²) in [6, 6.07) is 0. The molecule has 72 heavy (non-hydrogen) atoms. The van der Waals surface area contributed by atoms with Crippen LogP contribution in [-0.2, 0) is 23.7 Å². The monoisotopic (exact) mass is 1010 g/mol. The standard InChI is InChI=1S/C63H114O9/c1-3-5-7-9-11-13-15-17-19-21-23-25-27-29-30-32-34-36-38-40-42-44-46-48-50-52-59(65)71-57(56-70-63-62(68)61(67)60(66)58(54-64)72-63)55-69-53-51-49-47-45-43-41-39-37-35-33-31-28-26-24-22-20-18-16-14-12-10-8-6-4-2/h5,7,11,13,17,19,23,25,29-30,57-58,60-64,66-68H,3-4,6,8-10,12,14-16,18,20-22,24,26-28,31-56H2,1-2H3/b7-5-,13-11-,19-17-,25-23-,30-29-. The molecule has 6 atom stereocenters. The van der Waals surface area contributed by atoms with Crippen LogP contribution in [0.25, 0.3) is 0 Å². The van der Waals surface area contributed by atoms with Gasteiger partial charge in [0.25, 0.3) is 0 Å². The zero-order valence-electron chi connectivity index (χ0n) is 46.7. The topological polar surface area (TPSA) is 135 Å². The van der Waals surface area contributed by atoms with Crippen LogP contribution in [-0.4, -0.2) is 89.6 Å². The molecule has 1 rings (SSSR count). The van der Waals surface area contributed by atoms with Crippen LogP contribution in [0.3, 0.4) is 0 Å². The highest BCUT2D eigenvalue weighted by Crippen LogP contribution is 2.23. The summed E-state index contributed by atoms with van der Waals surface area (Å²) < 4.78 is 23.0. The van der Waals surface area contributed by atoms with Gasteiger partial charge in [0.15, 0.2) is 6.29 Å². The van der Waals surface area contributed by atoms with Crippen LogP contribution in [0.4, 0.5) is 0 Å². The number of aliphatic hydroxyl groups excluding tert-OH is 4. The summed E-state index contributed by atoms with van der Waals surface area (Å²) in [4.78, 5) is 12.9. The lowest BCUT2D eigenvalue weighted by Crippen LogP contribution is -2.59. The Hall–Kier alpha value is -2.11. The first-order valence-corrected chi connectivity index (χ1v) is 30.4. The van der Waals surface area contributed by atoms with Crippen LogP contribution >= 0.6 is 0 Å². The van der Waals surface area contributed by atoms with E-state index >= 15 is 0 Å². The van der Waals surface area contributed by atoms with Crippen LogP contribution < -0.4 is 0 Å². The van der Waals surface area contributed by atoms with Gasteiger partial charge in [-0.3, -0.25) is 4.79 Å². The van der Waals surface area contributed by atoms with Gasteiger partial charge in [0.1, 0.15) is 30.5 Å². The van der Waals surface area contributed by atoms with E-state index in [4.69, 9.17) is 18.9 Å². The molecule has 1 heterocycles. The van der Waals surface area contributed by atoms with Gasteiger partial charge >= 0.3 is 5.97 Å². The summed E-state index contributed by atoms with van der Waals surface area (Å²) in [5, 5.41) is 40.4. The molecule has 0 aromatic rings. The van der Waals surface area contributed by atoms with Gasteiger partial charge in [0.05, 0.1) is 19.8 Å². The van der Waals surface area contributed by atoms with Crippen molar-refractivity contribution in [3.05, 3.63) is 60.8 Å². The van der Waals surface area contributed by atoms with Crippen molar-refractivity contribution in [3.8, 4) is 0 Å². The van der Waals surface area contributed by atoms with Crippen LogP contribution in [0.5, 0.6) is 0 Å². The maximum absolute atomic E-state index is 12.9. The summed E-state index contributed by atoms with van der Waals surface area (Å²) in [6.07, 6.45) is 64.2. The lowest BCUT2D eigenvalue weighted by molar-refractivity contribution is -0.305. The molecule has 0 aromatic carbocycles. The van der Waals surface area contributed by atoms with Gasteiger partial charge in [-0.15, -0.1) is 0 Å². The minimum atomic E-state index is -1.54. The van der Waals surface area contributed by atoms with E-state index in [2.05, 4.69) is 74.6 Å². The molecule has 0 bridgehead atoms. The van der Waals surface area contributed by atoms with Gasteiger partial charge in [-0.25, -0.2) is 0 Å². The number of unbranched alkanes of at least 4 members (excludes halogenated alkanes) is 32. The van der Waals surface area contributed by atoms with E-state index < -0.39 is 43.4 Å². The van der Waals surface area contributed by atoms with Crippen molar-refractivity contribution in [2.75, 3.05) is 26.4 Å². The third-order valence-corrected chi connectivity index (χ3v) is 13.9. The fraction of sp³-hybridized carbons (Fsp3) is 0.825. The number of hydrogen-bond donors (Lipinski definition) is 4. The first-order valence-electron chi connectivity index (χ1n) is 30.4. The Morgan fingerprint density at radius 2 is 0.847 bits per heavy atom. The van der Waals surface area contributed by atoms with Gasteiger partial charge < -0.3 is 39.4 Å². The van der Waals surface area contributed by atoms with Crippen molar-refractivity contribution in [2.45, 2.75) is 307 Å². The molecule has 1 aliphatic rings. The molecular formula is C63H114O9. The highest BCUT2D eigenvalue weighted by Gasteiger charge is 2.44. The van der Waals surface area contributed by atoms with Crippen LogP contribution in [0.1, 0.15) is 271 Å². The molecule has 1 fully saturated rings. The van der Waals surface area contributed by atoms with Crippen molar-refractivity contribution < 1.29 is 44.2 Å². The lowest BCUT2D eigenvalue weighted by Gasteiger charge is -2.39.